The summed E-state index contributed by atoms with van der Waals surface area (Å²) in [6.45, 7) is 4.12. The minimum Gasteiger partial charge on any atom is -0.294 e. The summed E-state index contributed by atoms with van der Waals surface area (Å²) in [5.74, 6) is 0.224. The van der Waals surface area contributed by atoms with Crippen LogP contribution >= 0.6 is 15.9 Å². The first-order chi connectivity index (χ1) is 6.69. The maximum absolute atomic E-state index is 11.6. The normalized spacial score (nSPS) is 10.2. The number of rotatable bonds is 4. The summed E-state index contributed by atoms with van der Waals surface area (Å²) >= 11 is 3.28. The number of ketones is 1. The Bertz CT molecular complexity index is 331. The lowest BCUT2D eigenvalue weighted by Gasteiger charge is -2.05. The molecule has 2 heteroatoms. The molecule has 0 bridgehead atoms. The summed E-state index contributed by atoms with van der Waals surface area (Å²) in [6, 6.07) is 6.08. The molecule has 0 N–H and O–H groups in total. The summed E-state index contributed by atoms with van der Waals surface area (Å²) in [5, 5.41) is 0.737. The molecular formula is C12H15BrO. The average Bonchev–Trinajstić information content (AvgIpc) is 2.17. The van der Waals surface area contributed by atoms with Crippen molar-refractivity contribution in [3.8, 4) is 0 Å². The van der Waals surface area contributed by atoms with E-state index in [1.54, 1.807) is 0 Å². The molecule has 0 saturated heterocycles. The molecule has 1 rings (SSSR count). The third kappa shape index (κ3) is 2.68. The number of aryl methyl sites for hydroxylation is 2. The molecule has 0 amide bonds. The summed E-state index contributed by atoms with van der Waals surface area (Å²) in [5.41, 5.74) is 3.25. The molecule has 0 saturated carbocycles. The first-order valence-electron chi connectivity index (χ1n) is 4.87. The fourth-order valence-corrected chi connectivity index (χ4v) is 1.84. The number of hydrogen-bond donors (Lipinski definition) is 0. The fourth-order valence-electron chi connectivity index (χ4n) is 1.48. The van der Waals surface area contributed by atoms with Crippen LogP contribution in [0.4, 0.5) is 0 Å². The SMILES string of the molecule is CCc1ccc(C(=O)CCBr)c(C)c1. The minimum absolute atomic E-state index is 0.224. The molecule has 0 aliphatic carbocycles. The Morgan fingerprint density at radius 3 is 2.64 bits per heavy atom. The van der Waals surface area contributed by atoms with Crippen molar-refractivity contribution >= 4 is 21.7 Å². The van der Waals surface area contributed by atoms with Crippen LogP contribution in [0.5, 0.6) is 0 Å². The third-order valence-electron chi connectivity index (χ3n) is 2.32. The van der Waals surface area contributed by atoms with Gasteiger partial charge in [-0.25, -0.2) is 0 Å². The van der Waals surface area contributed by atoms with Gasteiger partial charge in [0.1, 0.15) is 0 Å². The number of alkyl halides is 1. The highest BCUT2D eigenvalue weighted by molar-refractivity contribution is 9.09. The van der Waals surface area contributed by atoms with Crippen molar-refractivity contribution < 1.29 is 4.79 Å². The largest absolute Gasteiger partial charge is 0.294 e. The Balaban J connectivity index is 2.94. The van der Waals surface area contributed by atoms with Gasteiger partial charge in [0.15, 0.2) is 5.78 Å². The lowest BCUT2D eigenvalue weighted by molar-refractivity contribution is 0.0989. The van der Waals surface area contributed by atoms with Gasteiger partial charge in [0, 0.05) is 17.3 Å². The van der Waals surface area contributed by atoms with Gasteiger partial charge in [-0.3, -0.25) is 4.79 Å². The van der Waals surface area contributed by atoms with Crippen LogP contribution in [0.1, 0.15) is 34.8 Å². The first-order valence-corrected chi connectivity index (χ1v) is 6.00. The van der Waals surface area contributed by atoms with Crippen LogP contribution in [0.3, 0.4) is 0 Å². The van der Waals surface area contributed by atoms with E-state index in [1.807, 2.05) is 19.1 Å². The van der Waals surface area contributed by atoms with Crippen LogP contribution in [-0.2, 0) is 6.42 Å². The summed E-state index contributed by atoms with van der Waals surface area (Å²) in [6.07, 6.45) is 1.60. The van der Waals surface area contributed by atoms with E-state index in [0.29, 0.717) is 6.42 Å². The van der Waals surface area contributed by atoms with Gasteiger partial charge in [-0.15, -0.1) is 0 Å². The standard InChI is InChI=1S/C12H15BrO/c1-3-10-4-5-11(9(2)8-10)12(14)6-7-13/h4-5,8H,3,6-7H2,1-2H3. The molecule has 0 aliphatic rings. The van der Waals surface area contributed by atoms with E-state index in [2.05, 4.69) is 28.9 Å². The number of carbonyl (C=O) groups excluding carboxylic acids is 1. The lowest BCUT2D eigenvalue weighted by Crippen LogP contribution is -2.02. The van der Waals surface area contributed by atoms with E-state index < -0.39 is 0 Å². The van der Waals surface area contributed by atoms with Gasteiger partial charge in [0.2, 0.25) is 0 Å². The van der Waals surface area contributed by atoms with Crippen LogP contribution < -0.4 is 0 Å². The molecule has 0 aliphatic heterocycles. The summed E-state index contributed by atoms with van der Waals surface area (Å²) in [7, 11) is 0. The number of hydrogen-bond acceptors (Lipinski definition) is 1. The maximum Gasteiger partial charge on any atom is 0.163 e. The van der Waals surface area contributed by atoms with Gasteiger partial charge in [-0.1, -0.05) is 41.1 Å². The van der Waals surface area contributed by atoms with Crippen molar-refractivity contribution in [3.63, 3.8) is 0 Å². The van der Waals surface area contributed by atoms with E-state index in [9.17, 15) is 4.79 Å². The third-order valence-corrected chi connectivity index (χ3v) is 2.72. The highest BCUT2D eigenvalue weighted by Gasteiger charge is 2.07. The smallest absolute Gasteiger partial charge is 0.163 e. The van der Waals surface area contributed by atoms with Crippen molar-refractivity contribution in [1.29, 1.82) is 0 Å². The Kier molecular flexibility index (Phi) is 4.33. The molecule has 0 heterocycles. The number of benzene rings is 1. The van der Waals surface area contributed by atoms with Crippen LogP contribution in [0, 0.1) is 6.92 Å². The van der Waals surface area contributed by atoms with Gasteiger partial charge in [0.05, 0.1) is 0 Å². The zero-order valence-corrected chi connectivity index (χ0v) is 10.2. The predicted octanol–water partition coefficient (Wildman–Crippen LogP) is 3.53. The average molecular weight is 255 g/mol. The van der Waals surface area contributed by atoms with E-state index in [4.69, 9.17) is 0 Å². The number of Topliss-reactive ketones (excluding diaryl/α,β-unsaturated/α-hetero) is 1. The topological polar surface area (TPSA) is 17.1 Å². The molecule has 1 nitrogen and oxygen atoms in total. The Morgan fingerprint density at radius 1 is 1.43 bits per heavy atom. The lowest BCUT2D eigenvalue weighted by atomic mass is 10.00. The second-order valence-corrected chi connectivity index (χ2v) is 4.16. The molecule has 0 atom stereocenters. The van der Waals surface area contributed by atoms with Gasteiger partial charge in [0.25, 0.3) is 0 Å². The van der Waals surface area contributed by atoms with Gasteiger partial charge < -0.3 is 0 Å². The Labute approximate surface area is 93.7 Å². The van der Waals surface area contributed by atoms with E-state index in [1.165, 1.54) is 5.56 Å². The van der Waals surface area contributed by atoms with Crippen molar-refractivity contribution in [2.75, 3.05) is 5.33 Å². The van der Waals surface area contributed by atoms with Crippen LogP contribution in [-0.4, -0.2) is 11.1 Å². The van der Waals surface area contributed by atoms with Crippen LogP contribution in [0.2, 0.25) is 0 Å². The fraction of sp³-hybridized carbons (Fsp3) is 0.417. The zero-order chi connectivity index (χ0) is 10.6. The molecule has 0 fully saturated rings. The van der Waals surface area contributed by atoms with Gasteiger partial charge in [-0.05, 0) is 24.5 Å². The van der Waals surface area contributed by atoms with Crippen LogP contribution in [0.15, 0.2) is 18.2 Å². The Morgan fingerprint density at radius 2 is 2.14 bits per heavy atom. The molecule has 14 heavy (non-hydrogen) atoms. The highest BCUT2D eigenvalue weighted by Crippen LogP contribution is 2.14. The van der Waals surface area contributed by atoms with Crippen molar-refractivity contribution in [2.45, 2.75) is 26.7 Å². The molecule has 1 aromatic rings. The molecule has 0 aromatic heterocycles. The molecule has 0 radical (unpaired) electrons. The monoisotopic (exact) mass is 254 g/mol. The highest BCUT2D eigenvalue weighted by atomic mass is 79.9. The van der Waals surface area contributed by atoms with Gasteiger partial charge >= 0.3 is 0 Å². The zero-order valence-electron chi connectivity index (χ0n) is 8.64. The maximum atomic E-state index is 11.6. The summed E-state index contributed by atoms with van der Waals surface area (Å²) in [4.78, 5) is 11.6. The van der Waals surface area contributed by atoms with Gasteiger partial charge in [-0.2, -0.15) is 0 Å². The van der Waals surface area contributed by atoms with E-state index >= 15 is 0 Å². The summed E-state index contributed by atoms with van der Waals surface area (Å²) < 4.78 is 0. The van der Waals surface area contributed by atoms with Crippen molar-refractivity contribution in [3.05, 3.63) is 34.9 Å². The molecule has 76 valence electrons. The first kappa shape index (κ1) is 11.4. The number of carbonyl (C=O) groups is 1. The quantitative estimate of drug-likeness (QED) is 0.594. The molecular weight excluding hydrogens is 240 g/mol. The molecule has 0 spiro atoms. The predicted molar refractivity (Wildman–Crippen MR) is 63.3 cm³/mol. The van der Waals surface area contributed by atoms with Crippen LogP contribution in [0.25, 0.3) is 0 Å². The van der Waals surface area contributed by atoms with E-state index in [0.717, 1.165) is 22.9 Å². The number of halogens is 1. The molecule has 0 unspecified atom stereocenters. The van der Waals surface area contributed by atoms with Crippen molar-refractivity contribution in [2.24, 2.45) is 0 Å². The van der Waals surface area contributed by atoms with E-state index in [-0.39, 0.29) is 5.78 Å². The second kappa shape index (κ2) is 5.30. The minimum atomic E-state index is 0.224. The second-order valence-electron chi connectivity index (χ2n) is 3.36. The molecule has 1 aromatic carbocycles. The Hall–Kier alpha value is -0.630. The van der Waals surface area contributed by atoms with Crippen molar-refractivity contribution in [1.82, 2.24) is 0 Å².